The molecule has 1 aliphatic heterocycles. The van der Waals surface area contributed by atoms with Crippen molar-refractivity contribution in [2.24, 2.45) is 5.92 Å². The Morgan fingerprint density at radius 3 is 2.54 bits per heavy atom. The summed E-state index contributed by atoms with van der Waals surface area (Å²) < 4.78 is 16.7. The number of anilines is 2. The van der Waals surface area contributed by atoms with Crippen molar-refractivity contribution in [3.05, 3.63) is 36.4 Å². The highest BCUT2D eigenvalue weighted by atomic mass is 16.5. The topological polar surface area (TPSA) is 86.9 Å². The highest BCUT2D eigenvalue weighted by Crippen LogP contribution is 2.34. The normalized spacial score (nSPS) is 16.2. The summed E-state index contributed by atoms with van der Waals surface area (Å²) in [5, 5.41) is 0. The Morgan fingerprint density at radius 2 is 1.88 bits per heavy atom. The molecule has 0 saturated carbocycles. The Balaban J connectivity index is 1.74. The Kier molecular flexibility index (Phi) is 5.16. The Hall–Kier alpha value is -2.96. The summed E-state index contributed by atoms with van der Waals surface area (Å²) in [4.78, 5) is 18.7. The van der Waals surface area contributed by atoms with E-state index in [-0.39, 0.29) is 11.8 Å². The number of ether oxygens (including phenoxy) is 3. The van der Waals surface area contributed by atoms with Gasteiger partial charge in [0, 0.05) is 0 Å². The second-order valence-electron chi connectivity index (χ2n) is 6.35. The molecule has 0 spiro atoms. The molecule has 0 radical (unpaired) electrons. The Morgan fingerprint density at radius 1 is 1.19 bits per heavy atom. The van der Waals surface area contributed by atoms with Crippen molar-refractivity contribution in [2.45, 2.75) is 20.0 Å². The maximum absolute atomic E-state index is 12.8. The van der Waals surface area contributed by atoms with Crippen molar-refractivity contribution in [1.29, 1.82) is 0 Å². The number of hydrogen-bond acceptors (Lipinski definition) is 6. The third kappa shape index (κ3) is 3.66. The third-order valence-electron chi connectivity index (χ3n) is 4.13. The summed E-state index contributed by atoms with van der Waals surface area (Å²) >= 11 is 0. The number of benzene rings is 1. The maximum atomic E-state index is 12.8. The molecule has 0 bridgehead atoms. The Bertz CT molecular complexity index is 777. The van der Waals surface area contributed by atoms with Crippen molar-refractivity contribution in [2.75, 3.05) is 30.9 Å². The molecule has 2 aromatic rings. The van der Waals surface area contributed by atoms with Crippen LogP contribution in [0.4, 0.5) is 11.6 Å². The first kappa shape index (κ1) is 17.8. The lowest BCUT2D eigenvalue weighted by Crippen LogP contribution is -2.50. The largest absolute Gasteiger partial charge is 0.497 e. The van der Waals surface area contributed by atoms with Gasteiger partial charge in [0.05, 0.1) is 13.7 Å². The van der Waals surface area contributed by atoms with E-state index in [0.717, 1.165) is 5.75 Å². The molecule has 3 rings (SSSR count). The smallest absolute Gasteiger partial charge is 0.269 e. The monoisotopic (exact) mass is 357 g/mol. The number of pyridine rings is 1. The molecule has 1 aromatic carbocycles. The standard InChI is InChI=1S/C19H23N3O4/c1-12(2)17-19(23)22(18-15(26-17)8-9-16(20)21-18)10-11-25-14-6-4-13(24-3)5-7-14/h4-9,12,17H,10-11H2,1-3H3,(H2,20,21). The number of rotatable bonds is 6. The number of methoxy groups -OCH3 is 1. The zero-order valence-electron chi connectivity index (χ0n) is 15.1. The molecule has 138 valence electrons. The minimum Gasteiger partial charge on any atom is -0.497 e. The van der Waals surface area contributed by atoms with Gasteiger partial charge in [0.1, 0.15) is 23.9 Å². The number of amides is 1. The number of nitrogen functional groups attached to an aromatic ring is 1. The number of nitrogens with zero attached hydrogens (tertiary/aromatic N) is 2. The molecule has 0 fully saturated rings. The second kappa shape index (κ2) is 7.51. The van der Waals surface area contributed by atoms with Gasteiger partial charge in [0.2, 0.25) is 0 Å². The lowest BCUT2D eigenvalue weighted by atomic mass is 10.0. The van der Waals surface area contributed by atoms with Crippen molar-refractivity contribution in [3.8, 4) is 17.2 Å². The van der Waals surface area contributed by atoms with E-state index in [0.29, 0.717) is 36.3 Å². The van der Waals surface area contributed by atoms with Crippen LogP contribution >= 0.6 is 0 Å². The SMILES string of the molecule is COc1ccc(OCCN2C(=O)C(C(C)C)Oc3ccc(N)nc32)cc1. The molecule has 1 aliphatic rings. The first-order chi connectivity index (χ1) is 12.5. The zero-order valence-corrected chi connectivity index (χ0v) is 15.1. The van der Waals surface area contributed by atoms with E-state index >= 15 is 0 Å². The van der Waals surface area contributed by atoms with Gasteiger partial charge in [-0.25, -0.2) is 4.98 Å². The van der Waals surface area contributed by atoms with Gasteiger partial charge >= 0.3 is 0 Å². The van der Waals surface area contributed by atoms with Gasteiger partial charge in [-0.3, -0.25) is 9.69 Å². The van der Waals surface area contributed by atoms with E-state index < -0.39 is 6.10 Å². The molecule has 1 atom stereocenters. The number of nitrogens with two attached hydrogens (primary N) is 1. The maximum Gasteiger partial charge on any atom is 0.269 e. The number of carbonyl (C=O) groups is 1. The molecule has 7 nitrogen and oxygen atoms in total. The van der Waals surface area contributed by atoms with Crippen molar-refractivity contribution in [3.63, 3.8) is 0 Å². The fraction of sp³-hybridized carbons (Fsp3) is 0.368. The molecule has 2 heterocycles. The molecule has 0 aliphatic carbocycles. The summed E-state index contributed by atoms with van der Waals surface area (Å²) in [7, 11) is 1.61. The van der Waals surface area contributed by atoms with E-state index in [9.17, 15) is 4.79 Å². The van der Waals surface area contributed by atoms with Crippen LogP contribution in [-0.2, 0) is 4.79 Å². The van der Waals surface area contributed by atoms with Crippen LogP contribution < -0.4 is 24.8 Å². The van der Waals surface area contributed by atoms with Gasteiger partial charge in [-0.15, -0.1) is 0 Å². The van der Waals surface area contributed by atoms with Crippen LogP contribution in [0.5, 0.6) is 17.2 Å². The van der Waals surface area contributed by atoms with Gasteiger partial charge in [0.25, 0.3) is 5.91 Å². The van der Waals surface area contributed by atoms with Gasteiger partial charge in [0.15, 0.2) is 17.7 Å². The minimum absolute atomic E-state index is 0.0400. The molecule has 0 saturated heterocycles. The quantitative estimate of drug-likeness (QED) is 0.855. The third-order valence-corrected chi connectivity index (χ3v) is 4.13. The van der Waals surface area contributed by atoms with E-state index in [4.69, 9.17) is 19.9 Å². The molecular formula is C19H23N3O4. The number of aromatic nitrogens is 1. The minimum atomic E-state index is -0.547. The number of hydrogen-bond donors (Lipinski definition) is 1. The van der Waals surface area contributed by atoms with Crippen LogP contribution in [-0.4, -0.2) is 37.3 Å². The fourth-order valence-corrected chi connectivity index (χ4v) is 2.74. The molecule has 1 amide bonds. The zero-order chi connectivity index (χ0) is 18.7. The average Bonchev–Trinajstić information content (AvgIpc) is 2.63. The summed E-state index contributed by atoms with van der Waals surface area (Å²) in [6, 6.07) is 10.7. The van der Waals surface area contributed by atoms with Crippen LogP contribution in [0, 0.1) is 5.92 Å². The van der Waals surface area contributed by atoms with Crippen molar-refractivity contribution >= 4 is 17.5 Å². The molecule has 2 N–H and O–H groups in total. The summed E-state index contributed by atoms with van der Waals surface area (Å²) in [5.74, 6) is 2.69. The highest BCUT2D eigenvalue weighted by Gasteiger charge is 2.37. The predicted octanol–water partition coefficient (Wildman–Crippen LogP) is 2.50. The van der Waals surface area contributed by atoms with E-state index in [2.05, 4.69) is 4.98 Å². The van der Waals surface area contributed by atoms with Gasteiger partial charge < -0.3 is 19.9 Å². The van der Waals surface area contributed by atoms with Crippen LogP contribution in [0.25, 0.3) is 0 Å². The van der Waals surface area contributed by atoms with Gasteiger partial charge in [-0.2, -0.15) is 0 Å². The van der Waals surface area contributed by atoms with Crippen LogP contribution in [0.2, 0.25) is 0 Å². The predicted molar refractivity (Wildman–Crippen MR) is 98.7 cm³/mol. The first-order valence-electron chi connectivity index (χ1n) is 8.51. The molecule has 1 aromatic heterocycles. The lowest BCUT2D eigenvalue weighted by molar-refractivity contribution is -0.128. The first-order valence-corrected chi connectivity index (χ1v) is 8.51. The molecule has 26 heavy (non-hydrogen) atoms. The number of fused-ring (bicyclic) bond motifs is 1. The van der Waals surface area contributed by atoms with Crippen LogP contribution in [0.15, 0.2) is 36.4 Å². The van der Waals surface area contributed by atoms with E-state index in [1.165, 1.54) is 0 Å². The number of carbonyl (C=O) groups excluding carboxylic acids is 1. The van der Waals surface area contributed by atoms with Gasteiger partial charge in [-0.1, -0.05) is 13.8 Å². The van der Waals surface area contributed by atoms with Crippen LogP contribution in [0.1, 0.15) is 13.8 Å². The lowest BCUT2D eigenvalue weighted by Gasteiger charge is -2.35. The van der Waals surface area contributed by atoms with Crippen LogP contribution in [0.3, 0.4) is 0 Å². The van der Waals surface area contributed by atoms with E-state index in [1.807, 2.05) is 38.1 Å². The summed E-state index contributed by atoms with van der Waals surface area (Å²) in [6.07, 6.45) is -0.547. The fourth-order valence-electron chi connectivity index (χ4n) is 2.74. The molecular weight excluding hydrogens is 334 g/mol. The summed E-state index contributed by atoms with van der Waals surface area (Å²) in [5.41, 5.74) is 5.78. The Labute approximate surface area is 152 Å². The molecule has 7 heteroatoms. The van der Waals surface area contributed by atoms with E-state index in [1.54, 1.807) is 24.1 Å². The highest BCUT2D eigenvalue weighted by molar-refractivity contribution is 5.99. The summed E-state index contributed by atoms with van der Waals surface area (Å²) in [6.45, 7) is 4.56. The van der Waals surface area contributed by atoms with Crippen molar-refractivity contribution in [1.82, 2.24) is 4.98 Å². The van der Waals surface area contributed by atoms with Gasteiger partial charge in [-0.05, 0) is 42.3 Å². The van der Waals surface area contributed by atoms with Crippen molar-refractivity contribution < 1.29 is 19.0 Å². The second-order valence-corrected chi connectivity index (χ2v) is 6.35. The molecule has 1 unspecified atom stereocenters. The average molecular weight is 357 g/mol.